The van der Waals surface area contributed by atoms with E-state index in [-0.39, 0.29) is 11.5 Å². The summed E-state index contributed by atoms with van der Waals surface area (Å²) in [6, 6.07) is 1.04. The van der Waals surface area contributed by atoms with Crippen molar-refractivity contribution in [2.75, 3.05) is 0 Å². The number of hydrogen-bond donors (Lipinski definition) is 1. The fourth-order valence-electron chi connectivity index (χ4n) is 2.17. The molecular formula is C14H26O2Si. The Bertz CT molecular complexity index is 284. The lowest BCUT2D eigenvalue weighted by molar-refractivity contribution is 0.145. The molecule has 1 N–H and O–H groups in total. The molecule has 17 heavy (non-hydrogen) atoms. The fraction of sp³-hybridized carbons (Fsp3) is 0.714. The minimum absolute atomic E-state index is 0.242. The first kappa shape index (κ1) is 16.4. The van der Waals surface area contributed by atoms with E-state index in [1.165, 1.54) is 6.08 Å². The van der Waals surface area contributed by atoms with Gasteiger partial charge in [-0.1, -0.05) is 32.8 Å². The van der Waals surface area contributed by atoms with E-state index in [9.17, 15) is 5.11 Å². The molecule has 0 aromatic rings. The van der Waals surface area contributed by atoms with E-state index < -0.39 is 14.4 Å². The van der Waals surface area contributed by atoms with Crippen LogP contribution in [0.1, 0.15) is 27.2 Å². The van der Waals surface area contributed by atoms with Crippen molar-refractivity contribution in [1.29, 1.82) is 0 Å². The summed E-state index contributed by atoms with van der Waals surface area (Å²) in [6.07, 6.45) is 6.47. The molecule has 0 aromatic carbocycles. The van der Waals surface area contributed by atoms with Gasteiger partial charge in [-0.25, -0.2) is 0 Å². The van der Waals surface area contributed by atoms with Crippen LogP contribution in [0.2, 0.25) is 19.1 Å². The van der Waals surface area contributed by atoms with Gasteiger partial charge in [-0.05, 0) is 24.6 Å². The molecule has 0 aliphatic carbocycles. The van der Waals surface area contributed by atoms with Crippen molar-refractivity contribution in [3.05, 3.63) is 12.7 Å². The van der Waals surface area contributed by atoms with Crippen LogP contribution >= 0.6 is 0 Å². The maximum Gasteiger partial charge on any atom is 0.189 e. The standard InChI is InChI=1S/C14H26O2Si/c1-8-12(15)10-13(9-2)16-17(6,7)11-14(3,4)5/h2,8,12-13,15H,1,10-11H2,3-7H3/t12-,13+/m1/s1. The molecule has 0 heterocycles. The second-order valence-electron chi connectivity index (χ2n) is 6.31. The molecule has 0 unspecified atom stereocenters. The summed E-state index contributed by atoms with van der Waals surface area (Å²) in [5.74, 6) is 2.61. The molecular weight excluding hydrogens is 228 g/mol. The summed E-state index contributed by atoms with van der Waals surface area (Å²) in [5, 5.41) is 9.51. The Balaban J connectivity index is 4.46. The SMILES string of the molecule is C#C[C@@H](C[C@H](O)C=C)O[Si](C)(C)CC(C)(C)C. The fourth-order valence-corrected chi connectivity index (χ4v) is 5.74. The van der Waals surface area contributed by atoms with E-state index in [1.807, 2.05) is 0 Å². The zero-order chi connectivity index (χ0) is 13.7. The summed E-state index contributed by atoms with van der Waals surface area (Å²) in [5.41, 5.74) is 0.242. The third-order valence-corrected chi connectivity index (χ3v) is 5.17. The van der Waals surface area contributed by atoms with Crippen molar-refractivity contribution in [2.45, 2.75) is 58.5 Å². The molecule has 0 saturated heterocycles. The first-order valence-electron chi connectivity index (χ1n) is 6.04. The van der Waals surface area contributed by atoms with Crippen LogP contribution in [-0.4, -0.2) is 25.6 Å². The molecule has 2 atom stereocenters. The second-order valence-corrected chi connectivity index (χ2v) is 10.4. The van der Waals surface area contributed by atoms with Crippen LogP contribution in [0.5, 0.6) is 0 Å². The monoisotopic (exact) mass is 254 g/mol. The van der Waals surface area contributed by atoms with Gasteiger partial charge >= 0.3 is 0 Å². The van der Waals surface area contributed by atoms with E-state index in [0.717, 1.165) is 6.04 Å². The van der Waals surface area contributed by atoms with Crippen molar-refractivity contribution in [2.24, 2.45) is 5.41 Å². The number of aliphatic hydroxyl groups excluding tert-OH is 1. The van der Waals surface area contributed by atoms with Gasteiger partial charge in [-0.3, -0.25) is 0 Å². The summed E-state index contributed by atoms with van der Waals surface area (Å²) in [6.45, 7) is 14.5. The van der Waals surface area contributed by atoms with Crippen molar-refractivity contribution < 1.29 is 9.53 Å². The highest BCUT2D eigenvalue weighted by Gasteiger charge is 2.31. The van der Waals surface area contributed by atoms with Crippen LogP contribution in [0.4, 0.5) is 0 Å². The largest absolute Gasteiger partial charge is 0.404 e. The van der Waals surface area contributed by atoms with E-state index in [2.05, 4.69) is 46.4 Å². The second kappa shape index (κ2) is 6.39. The molecule has 0 rings (SSSR count). The van der Waals surface area contributed by atoms with Crippen molar-refractivity contribution in [1.82, 2.24) is 0 Å². The molecule has 98 valence electrons. The highest BCUT2D eigenvalue weighted by Crippen LogP contribution is 2.29. The first-order chi connectivity index (χ1) is 7.59. The lowest BCUT2D eigenvalue weighted by Crippen LogP contribution is -2.39. The Kier molecular flexibility index (Phi) is 6.18. The highest BCUT2D eigenvalue weighted by atomic mass is 28.4. The molecule has 0 radical (unpaired) electrons. The summed E-state index contributed by atoms with van der Waals surface area (Å²) < 4.78 is 6.03. The summed E-state index contributed by atoms with van der Waals surface area (Å²) >= 11 is 0. The predicted octanol–water partition coefficient (Wildman–Crippen LogP) is 3.19. The van der Waals surface area contributed by atoms with Crippen LogP contribution in [0, 0.1) is 17.8 Å². The minimum atomic E-state index is -1.79. The molecule has 0 aliphatic heterocycles. The van der Waals surface area contributed by atoms with Crippen molar-refractivity contribution in [3.63, 3.8) is 0 Å². The van der Waals surface area contributed by atoms with Crippen LogP contribution in [0.3, 0.4) is 0 Å². The van der Waals surface area contributed by atoms with Crippen LogP contribution in [0.25, 0.3) is 0 Å². The van der Waals surface area contributed by atoms with Crippen LogP contribution in [0.15, 0.2) is 12.7 Å². The Hall–Kier alpha value is -0.563. The van der Waals surface area contributed by atoms with Gasteiger partial charge in [0.1, 0.15) is 6.10 Å². The van der Waals surface area contributed by atoms with E-state index >= 15 is 0 Å². The van der Waals surface area contributed by atoms with Gasteiger partial charge in [0.25, 0.3) is 0 Å². The number of hydrogen-bond acceptors (Lipinski definition) is 2. The van der Waals surface area contributed by atoms with Gasteiger partial charge in [-0.15, -0.1) is 13.0 Å². The average molecular weight is 254 g/mol. The maximum absolute atomic E-state index is 9.51. The molecule has 0 amide bonds. The zero-order valence-electron chi connectivity index (χ0n) is 11.8. The minimum Gasteiger partial charge on any atom is -0.404 e. The van der Waals surface area contributed by atoms with E-state index in [1.54, 1.807) is 0 Å². The molecule has 0 spiro atoms. The van der Waals surface area contributed by atoms with E-state index in [4.69, 9.17) is 10.8 Å². The lowest BCUT2D eigenvalue weighted by Gasteiger charge is -2.33. The quantitative estimate of drug-likeness (QED) is 0.448. The summed E-state index contributed by atoms with van der Waals surface area (Å²) in [4.78, 5) is 0. The molecule has 3 heteroatoms. The lowest BCUT2D eigenvalue weighted by atomic mass is 10.0. The van der Waals surface area contributed by atoms with Gasteiger partial charge in [-0.2, -0.15) is 0 Å². The zero-order valence-corrected chi connectivity index (χ0v) is 12.8. The normalized spacial score (nSPS) is 16.1. The average Bonchev–Trinajstić information content (AvgIpc) is 2.12. The Morgan fingerprint density at radius 1 is 1.47 bits per heavy atom. The number of aliphatic hydroxyl groups is 1. The third kappa shape index (κ3) is 8.20. The van der Waals surface area contributed by atoms with E-state index in [0.29, 0.717) is 6.42 Å². The summed E-state index contributed by atoms with van der Waals surface area (Å²) in [7, 11) is -1.79. The van der Waals surface area contributed by atoms with Crippen LogP contribution < -0.4 is 0 Å². The van der Waals surface area contributed by atoms with Gasteiger partial charge in [0.15, 0.2) is 8.32 Å². The Morgan fingerprint density at radius 2 is 2.00 bits per heavy atom. The third-order valence-electron chi connectivity index (χ3n) is 2.33. The Morgan fingerprint density at radius 3 is 2.35 bits per heavy atom. The Labute approximate surface area is 107 Å². The number of rotatable bonds is 6. The maximum atomic E-state index is 9.51. The van der Waals surface area contributed by atoms with Gasteiger partial charge in [0.2, 0.25) is 0 Å². The van der Waals surface area contributed by atoms with Crippen molar-refractivity contribution >= 4 is 8.32 Å². The van der Waals surface area contributed by atoms with Gasteiger partial charge in [0, 0.05) is 6.42 Å². The molecule has 2 nitrogen and oxygen atoms in total. The van der Waals surface area contributed by atoms with Crippen molar-refractivity contribution in [3.8, 4) is 12.3 Å². The topological polar surface area (TPSA) is 29.5 Å². The molecule has 0 fully saturated rings. The van der Waals surface area contributed by atoms with Crippen LogP contribution in [-0.2, 0) is 4.43 Å². The predicted molar refractivity (Wildman–Crippen MR) is 76.3 cm³/mol. The molecule has 0 aromatic heterocycles. The number of terminal acetylenes is 1. The smallest absolute Gasteiger partial charge is 0.189 e. The first-order valence-corrected chi connectivity index (χ1v) is 9.16. The van der Waals surface area contributed by atoms with Gasteiger partial charge in [0.05, 0.1) is 6.10 Å². The van der Waals surface area contributed by atoms with Gasteiger partial charge < -0.3 is 9.53 Å². The molecule has 0 aliphatic rings. The molecule has 0 saturated carbocycles. The molecule has 0 bridgehead atoms. The highest BCUT2D eigenvalue weighted by molar-refractivity contribution is 6.71.